The molecule has 0 atom stereocenters. The molecule has 2 aromatic carbocycles. The van der Waals surface area contributed by atoms with Crippen molar-refractivity contribution in [3.05, 3.63) is 65.9 Å². The second-order valence-corrected chi connectivity index (χ2v) is 5.67. The zero-order valence-corrected chi connectivity index (χ0v) is 14.8. The van der Waals surface area contributed by atoms with Gasteiger partial charge in [0.15, 0.2) is 0 Å². The van der Waals surface area contributed by atoms with Gasteiger partial charge in [-0.25, -0.2) is 0 Å². The fourth-order valence-electron chi connectivity index (χ4n) is 2.26. The van der Waals surface area contributed by atoms with Gasteiger partial charge in [0.2, 0.25) is 0 Å². The van der Waals surface area contributed by atoms with Crippen LogP contribution in [0.4, 0.5) is 0 Å². The van der Waals surface area contributed by atoms with Crippen LogP contribution in [-0.4, -0.2) is 46.4 Å². The molecule has 0 radical (unpaired) electrons. The standard InChI is InChI=1S/C20H25NO3/c1-21(2)11-12-24-15-20(16-7-5-9-18(13-16)22-3)17-8-6-10-19(14-17)23-4/h5-10,13-15H,11-12H2,1-4H3. The Morgan fingerprint density at radius 3 is 1.92 bits per heavy atom. The molecule has 0 N–H and O–H groups in total. The van der Waals surface area contributed by atoms with Crippen molar-refractivity contribution in [1.29, 1.82) is 0 Å². The third kappa shape index (κ3) is 5.03. The highest BCUT2D eigenvalue weighted by Gasteiger charge is 2.08. The molecule has 0 spiro atoms. The summed E-state index contributed by atoms with van der Waals surface area (Å²) in [4.78, 5) is 2.09. The second kappa shape index (κ2) is 8.99. The van der Waals surface area contributed by atoms with Crippen LogP contribution in [0.1, 0.15) is 11.1 Å². The molecule has 128 valence electrons. The van der Waals surface area contributed by atoms with E-state index in [1.165, 1.54) is 0 Å². The lowest BCUT2D eigenvalue weighted by atomic mass is 9.99. The lowest BCUT2D eigenvalue weighted by Crippen LogP contribution is -2.16. The van der Waals surface area contributed by atoms with E-state index in [9.17, 15) is 0 Å². The van der Waals surface area contributed by atoms with Crippen LogP contribution in [0, 0.1) is 0 Å². The summed E-state index contributed by atoms with van der Waals surface area (Å²) < 4.78 is 16.5. The van der Waals surface area contributed by atoms with Gasteiger partial charge in [-0.2, -0.15) is 0 Å². The highest BCUT2D eigenvalue weighted by Crippen LogP contribution is 2.28. The van der Waals surface area contributed by atoms with Crippen molar-refractivity contribution in [1.82, 2.24) is 4.90 Å². The summed E-state index contributed by atoms with van der Waals surface area (Å²) in [5.74, 6) is 1.63. The van der Waals surface area contributed by atoms with Crippen LogP contribution in [0.5, 0.6) is 11.5 Å². The van der Waals surface area contributed by atoms with Gasteiger partial charge in [-0.1, -0.05) is 24.3 Å². The maximum atomic E-state index is 5.78. The predicted octanol–water partition coefficient (Wildman–Crippen LogP) is 3.67. The van der Waals surface area contributed by atoms with Crippen molar-refractivity contribution in [2.75, 3.05) is 41.5 Å². The Hall–Kier alpha value is -2.46. The first-order valence-corrected chi connectivity index (χ1v) is 7.89. The van der Waals surface area contributed by atoms with Gasteiger partial charge in [0.05, 0.1) is 27.1 Å². The molecule has 4 heteroatoms. The van der Waals surface area contributed by atoms with Gasteiger partial charge in [0, 0.05) is 12.1 Å². The van der Waals surface area contributed by atoms with Gasteiger partial charge < -0.3 is 19.1 Å². The van der Waals surface area contributed by atoms with Crippen LogP contribution in [0.3, 0.4) is 0 Å². The minimum absolute atomic E-state index is 0.629. The van der Waals surface area contributed by atoms with Crippen molar-refractivity contribution in [3.63, 3.8) is 0 Å². The first-order valence-electron chi connectivity index (χ1n) is 7.89. The lowest BCUT2D eigenvalue weighted by molar-refractivity contribution is 0.213. The van der Waals surface area contributed by atoms with Crippen molar-refractivity contribution < 1.29 is 14.2 Å². The smallest absolute Gasteiger partial charge is 0.119 e. The van der Waals surface area contributed by atoms with Gasteiger partial charge in [-0.15, -0.1) is 0 Å². The molecule has 0 bridgehead atoms. The van der Waals surface area contributed by atoms with Crippen molar-refractivity contribution in [3.8, 4) is 11.5 Å². The molecule has 0 amide bonds. The minimum atomic E-state index is 0.629. The normalized spacial score (nSPS) is 10.4. The van der Waals surface area contributed by atoms with E-state index < -0.39 is 0 Å². The number of benzene rings is 2. The van der Waals surface area contributed by atoms with E-state index >= 15 is 0 Å². The zero-order chi connectivity index (χ0) is 17.4. The van der Waals surface area contributed by atoms with Gasteiger partial charge in [-0.05, 0) is 49.5 Å². The van der Waals surface area contributed by atoms with Crippen molar-refractivity contribution in [2.45, 2.75) is 0 Å². The predicted molar refractivity (Wildman–Crippen MR) is 97.6 cm³/mol. The second-order valence-electron chi connectivity index (χ2n) is 5.67. The van der Waals surface area contributed by atoms with E-state index in [0.717, 1.165) is 34.7 Å². The SMILES string of the molecule is COc1cccc(C(=COCCN(C)C)c2cccc(OC)c2)c1. The molecule has 0 aliphatic rings. The molecular weight excluding hydrogens is 302 g/mol. The molecule has 0 unspecified atom stereocenters. The average molecular weight is 327 g/mol. The lowest BCUT2D eigenvalue weighted by Gasteiger charge is -2.13. The molecule has 4 nitrogen and oxygen atoms in total. The monoisotopic (exact) mass is 327 g/mol. The number of methoxy groups -OCH3 is 2. The number of hydrogen-bond acceptors (Lipinski definition) is 4. The molecule has 0 aliphatic heterocycles. The van der Waals surface area contributed by atoms with Crippen LogP contribution in [0.25, 0.3) is 5.57 Å². The van der Waals surface area contributed by atoms with E-state index in [-0.39, 0.29) is 0 Å². The van der Waals surface area contributed by atoms with Gasteiger partial charge in [-0.3, -0.25) is 0 Å². The Morgan fingerprint density at radius 2 is 1.46 bits per heavy atom. The van der Waals surface area contributed by atoms with E-state index in [1.54, 1.807) is 14.2 Å². The van der Waals surface area contributed by atoms with Crippen molar-refractivity contribution >= 4 is 5.57 Å². The topological polar surface area (TPSA) is 30.9 Å². The quantitative estimate of drug-likeness (QED) is 0.547. The summed E-state index contributed by atoms with van der Waals surface area (Å²) in [6, 6.07) is 15.9. The van der Waals surface area contributed by atoms with Crippen LogP contribution in [0.15, 0.2) is 54.8 Å². The molecule has 2 aromatic rings. The minimum Gasteiger partial charge on any atom is -0.499 e. The maximum Gasteiger partial charge on any atom is 0.119 e. The Kier molecular flexibility index (Phi) is 6.70. The number of likely N-dealkylation sites (N-methyl/N-ethyl adjacent to an activating group) is 1. The molecule has 0 heterocycles. The van der Waals surface area contributed by atoms with E-state index in [0.29, 0.717) is 6.61 Å². The van der Waals surface area contributed by atoms with Gasteiger partial charge >= 0.3 is 0 Å². The Morgan fingerprint density at radius 1 is 0.917 bits per heavy atom. The first kappa shape index (κ1) is 17.9. The number of nitrogens with zero attached hydrogens (tertiary/aromatic N) is 1. The molecule has 0 aromatic heterocycles. The highest BCUT2D eigenvalue weighted by atomic mass is 16.5. The van der Waals surface area contributed by atoms with Crippen LogP contribution >= 0.6 is 0 Å². The third-order valence-electron chi connectivity index (χ3n) is 3.62. The fraction of sp³-hybridized carbons (Fsp3) is 0.300. The summed E-state index contributed by atoms with van der Waals surface area (Å²) in [5, 5.41) is 0. The Balaban J connectivity index is 2.34. The van der Waals surface area contributed by atoms with E-state index in [1.807, 2.05) is 68.9 Å². The Labute approximate surface area is 144 Å². The summed E-state index contributed by atoms with van der Waals surface area (Å²) in [6.07, 6.45) is 1.81. The highest BCUT2D eigenvalue weighted by molar-refractivity contribution is 5.80. The van der Waals surface area contributed by atoms with E-state index in [4.69, 9.17) is 14.2 Å². The van der Waals surface area contributed by atoms with Gasteiger partial charge in [0.25, 0.3) is 0 Å². The number of rotatable bonds is 8. The summed E-state index contributed by atoms with van der Waals surface area (Å²) in [7, 11) is 7.39. The average Bonchev–Trinajstić information content (AvgIpc) is 2.61. The molecule has 24 heavy (non-hydrogen) atoms. The first-order chi connectivity index (χ1) is 11.6. The number of hydrogen-bond donors (Lipinski definition) is 0. The van der Waals surface area contributed by atoms with Crippen LogP contribution < -0.4 is 9.47 Å². The summed E-state index contributed by atoms with van der Waals surface area (Å²) >= 11 is 0. The van der Waals surface area contributed by atoms with Crippen molar-refractivity contribution in [2.24, 2.45) is 0 Å². The molecule has 0 saturated heterocycles. The molecule has 0 fully saturated rings. The summed E-state index contributed by atoms with van der Waals surface area (Å²) in [6.45, 7) is 1.49. The van der Waals surface area contributed by atoms with Gasteiger partial charge in [0.1, 0.15) is 11.5 Å². The molecule has 2 rings (SSSR count). The third-order valence-corrected chi connectivity index (χ3v) is 3.62. The van der Waals surface area contributed by atoms with Crippen LogP contribution in [-0.2, 0) is 4.74 Å². The fourth-order valence-corrected chi connectivity index (χ4v) is 2.26. The molecule has 0 aliphatic carbocycles. The maximum absolute atomic E-state index is 5.78. The Bertz CT molecular complexity index is 631. The number of ether oxygens (including phenoxy) is 3. The zero-order valence-electron chi connectivity index (χ0n) is 14.8. The molecule has 0 saturated carbocycles. The van der Waals surface area contributed by atoms with E-state index in [2.05, 4.69) is 4.90 Å². The largest absolute Gasteiger partial charge is 0.499 e. The molecular formula is C20H25NO3. The summed E-state index contributed by atoms with van der Waals surface area (Å²) in [5.41, 5.74) is 3.06. The van der Waals surface area contributed by atoms with Crippen LogP contribution in [0.2, 0.25) is 0 Å².